The summed E-state index contributed by atoms with van der Waals surface area (Å²) >= 11 is 0. The Balaban J connectivity index is 1.48. The summed E-state index contributed by atoms with van der Waals surface area (Å²) in [5.41, 5.74) is 0.735. The van der Waals surface area contributed by atoms with Gasteiger partial charge in [-0.05, 0) is 36.4 Å². The van der Waals surface area contributed by atoms with E-state index in [1.54, 1.807) is 61.2 Å². The van der Waals surface area contributed by atoms with E-state index in [9.17, 15) is 9.59 Å². The fourth-order valence-electron chi connectivity index (χ4n) is 3.31. The summed E-state index contributed by atoms with van der Waals surface area (Å²) in [6.45, 7) is -0.230. The van der Waals surface area contributed by atoms with Gasteiger partial charge >= 0.3 is 5.69 Å². The second kappa shape index (κ2) is 6.38. The van der Waals surface area contributed by atoms with E-state index in [1.165, 1.54) is 9.41 Å². The van der Waals surface area contributed by atoms with Crippen molar-refractivity contribution >= 4 is 17.3 Å². The van der Waals surface area contributed by atoms with Crippen LogP contribution in [0.15, 0.2) is 79.9 Å². The summed E-state index contributed by atoms with van der Waals surface area (Å²) in [7, 11) is 0. The smallest absolute Gasteiger partial charge is 0.350 e. The molecule has 1 aliphatic rings. The minimum atomic E-state index is -0.407. The molecule has 4 aromatic rings. The van der Waals surface area contributed by atoms with Crippen LogP contribution in [-0.2, 0) is 11.3 Å². The molecule has 140 valence electrons. The number of hydrogen-bond acceptors (Lipinski definition) is 6. The van der Waals surface area contributed by atoms with Crippen LogP contribution in [0.5, 0.6) is 0 Å². The number of rotatable bonds is 4. The normalized spacial score (nSPS) is 16.6. The van der Waals surface area contributed by atoms with Crippen LogP contribution in [0.1, 0.15) is 24.0 Å². The van der Waals surface area contributed by atoms with Crippen molar-refractivity contribution in [3.8, 4) is 0 Å². The zero-order valence-electron chi connectivity index (χ0n) is 14.6. The molecule has 0 N–H and O–H groups in total. The van der Waals surface area contributed by atoms with Crippen molar-refractivity contribution in [2.24, 2.45) is 5.10 Å². The summed E-state index contributed by atoms with van der Waals surface area (Å²) in [5.74, 6) is 0.839. The van der Waals surface area contributed by atoms with Crippen LogP contribution in [0.3, 0.4) is 0 Å². The first kappa shape index (κ1) is 16.3. The minimum Gasteiger partial charge on any atom is -0.467 e. The van der Waals surface area contributed by atoms with Gasteiger partial charge in [-0.2, -0.15) is 5.10 Å². The third-order valence-electron chi connectivity index (χ3n) is 4.62. The molecule has 9 nitrogen and oxygen atoms in total. The van der Waals surface area contributed by atoms with Crippen LogP contribution in [0.4, 0.5) is 0 Å². The SMILES string of the molecule is O=C(Cn1nc2ccccn2c1=O)N1N=C(c2ccco2)CC1c1ccco1. The number of hydrazone groups is 1. The number of carbonyl (C=O) groups is 1. The number of nitrogens with zero attached hydrogens (tertiary/aromatic N) is 5. The van der Waals surface area contributed by atoms with E-state index in [2.05, 4.69) is 10.2 Å². The molecule has 1 amide bonds. The molecule has 0 saturated carbocycles. The molecule has 1 atom stereocenters. The summed E-state index contributed by atoms with van der Waals surface area (Å²) < 4.78 is 13.4. The molecule has 0 aromatic carbocycles. The summed E-state index contributed by atoms with van der Waals surface area (Å²) in [5, 5.41) is 9.99. The van der Waals surface area contributed by atoms with Crippen LogP contribution >= 0.6 is 0 Å². The number of aromatic nitrogens is 3. The van der Waals surface area contributed by atoms with Crippen LogP contribution in [-0.4, -0.2) is 30.8 Å². The zero-order valence-corrected chi connectivity index (χ0v) is 14.6. The first-order chi connectivity index (χ1) is 13.7. The third kappa shape index (κ3) is 2.64. The Labute approximate surface area is 158 Å². The summed E-state index contributed by atoms with van der Waals surface area (Å²) in [6.07, 6.45) is 5.17. The van der Waals surface area contributed by atoms with Gasteiger partial charge in [0.1, 0.15) is 29.8 Å². The Kier molecular flexibility index (Phi) is 3.71. The number of carbonyl (C=O) groups excluding carboxylic acids is 1. The Hall–Kier alpha value is -3.88. The van der Waals surface area contributed by atoms with Crippen molar-refractivity contribution in [3.05, 3.63) is 83.2 Å². The zero-order chi connectivity index (χ0) is 19.1. The van der Waals surface area contributed by atoms with Gasteiger partial charge in [0, 0.05) is 12.6 Å². The lowest BCUT2D eigenvalue weighted by Crippen LogP contribution is -2.34. The van der Waals surface area contributed by atoms with Gasteiger partial charge in [0.25, 0.3) is 5.91 Å². The first-order valence-electron chi connectivity index (χ1n) is 8.72. The fourth-order valence-corrected chi connectivity index (χ4v) is 3.31. The van der Waals surface area contributed by atoms with Crippen LogP contribution in [0.25, 0.3) is 5.65 Å². The second-order valence-electron chi connectivity index (χ2n) is 6.37. The number of hydrogen-bond donors (Lipinski definition) is 0. The molecule has 9 heteroatoms. The Bertz CT molecular complexity index is 1220. The second-order valence-corrected chi connectivity index (χ2v) is 6.37. The number of pyridine rings is 1. The Morgan fingerprint density at radius 3 is 2.71 bits per heavy atom. The van der Waals surface area contributed by atoms with E-state index in [0.29, 0.717) is 29.3 Å². The monoisotopic (exact) mass is 377 g/mol. The Morgan fingerprint density at radius 2 is 1.96 bits per heavy atom. The third-order valence-corrected chi connectivity index (χ3v) is 4.62. The molecule has 0 saturated heterocycles. The van der Waals surface area contributed by atoms with Crippen molar-refractivity contribution in [2.45, 2.75) is 19.0 Å². The van der Waals surface area contributed by atoms with Gasteiger partial charge in [-0.25, -0.2) is 14.5 Å². The standard InChI is InChI=1S/C19H15N5O4/c25-18(12-23-19(26)22-8-2-1-7-17(22)21-23)24-14(16-6-4-10-28-16)11-13(20-24)15-5-3-9-27-15/h1-10,14H,11-12H2. The maximum Gasteiger partial charge on any atom is 0.350 e. The molecule has 0 bridgehead atoms. The van der Waals surface area contributed by atoms with E-state index in [4.69, 9.17) is 8.83 Å². The van der Waals surface area contributed by atoms with Crippen molar-refractivity contribution in [2.75, 3.05) is 0 Å². The number of furan rings is 2. The minimum absolute atomic E-state index is 0.230. The predicted molar refractivity (Wildman–Crippen MR) is 97.6 cm³/mol. The van der Waals surface area contributed by atoms with E-state index in [-0.39, 0.29) is 18.1 Å². The Morgan fingerprint density at radius 1 is 1.11 bits per heavy atom. The van der Waals surface area contributed by atoms with E-state index in [0.717, 1.165) is 4.68 Å². The van der Waals surface area contributed by atoms with Gasteiger partial charge in [0.05, 0.1) is 12.5 Å². The van der Waals surface area contributed by atoms with Crippen LogP contribution in [0, 0.1) is 0 Å². The van der Waals surface area contributed by atoms with Crippen molar-refractivity contribution in [1.29, 1.82) is 0 Å². The number of fused-ring (bicyclic) bond motifs is 1. The highest BCUT2D eigenvalue weighted by atomic mass is 16.3. The molecule has 1 unspecified atom stereocenters. The van der Waals surface area contributed by atoms with Crippen molar-refractivity contribution < 1.29 is 13.6 Å². The summed E-state index contributed by atoms with van der Waals surface area (Å²) in [4.78, 5) is 25.5. The van der Waals surface area contributed by atoms with Crippen LogP contribution in [0.2, 0.25) is 0 Å². The molecule has 0 fully saturated rings. The molecule has 0 aliphatic carbocycles. The molecule has 5 rings (SSSR count). The van der Waals surface area contributed by atoms with Gasteiger partial charge in [-0.15, -0.1) is 5.10 Å². The molecule has 28 heavy (non-hydrogen) atoms. The molecular weight excluding hydrogens is 362 g/mol. The van der Waals surface area contributed by atoms with Gasteiger partial charge in [0.15, 0.2) is 5.65 Å². The largest absolute Gasteiger partial charge is 0.467 e. The number of amides is 1. The average Bonchev–Trinajstić information content (AvgIpc) is 3.49. The lowest BCUT2D eigenvalue weighted by atomic mass is 10.1. The van der Waals surface area contributed by atoms with Gasteiger partial charge in [0.2, 0.25) is 0 Å². The van der Waals surface area contributed by atoms with Crippen molar-refractivity contribution in [1.82, 2.24) is 19.2 Å². The molecule has 5 heterocycles. The summed E-state index contributed by atoms with van der Waals surface area (Å²) in [6, 6.07) is 11.9. The van der Waals surface area contributed by atoms with Crippen LogP contribution < -0.4 is 5.69 Å². The van der Waals surface area contributed by atoms with E-state index < -0.39 is 6.04 Å². The van der Waals surface area contributed by atoms with Crippen molar-refractivity contribution in [3.63, 3.8) is 0 Å². The molecule has 0 radical (unpaired) electrons. The van der Waals surface area contributed by atoms with Gasteiger partial charge in [-0.3, -0.25) is 9.20 Å². The van der Waals surface area contributed by atoms with E-state index in [1.807, 2.05) is 0 Å². The van der Waals surface area contributed by atoms with Gasteiger partial charge < -0.3 is 8.83 Å². The van der Waals surface area contributed by atoms with Gasteiger partial charge in [-0.1, -0.05) is 6.07 Å². The average molecular weight is 377 g/mol. The maximum absolute atomic E-state index is 13.0. The highest BCUT2D eigenvalue weighted by Gasteiger charge is 2.36. The predicted octanol–water partition coefficient (Wildman–Crippen LogP) is 2.06. The first-order valence-corrected chi connectivity index (χ1v) is 8.72. The molecule has 1 aliphatic heterocycles. The maximum atomic E-state index is 13.0. The topological polar surface area (TPSA) is 98.2 Å². The molecule has 0 spiro atoms. The van der Waals surface area contributed by atoms with E-state index >= 15 is 0 Å². The lowest BCUT2D eigenvalue weighted by Gasteiger charge is -2.19. The highest BCUT2D eigenvalue weighted by molar-refractivity contribution is 6.01. The molecule has 4 aromatic heterocycles. The fraction of sp³-hybridized carbons (Fsp3) is 0.158. The molecular formula is C19H15N5O4. The lowest BCUT2D eigenvalue weighted by molar-refractivity contribution is -0.134. The quantitative estimate of drug-likeness (QED) is 0.542. The highest BCUT2D eigenvalue weighted by Crippen LogP contribution is 2.33.